The van der Waals surface area contributed by atoms with Crippen LogP contribution in [-0.2, 0) is 4.74 Å². The zero-order valence-corrected chi connectivity index (χ0v) is 10.4. The van der Waals surface area contributed by atoms with Gasteiger partial charge >= 0.3 is 0 Å². The molecule has 1 aromatic rings. The van der Waals surface area contributed by atoms with Gasteiger partial charge in [-0.05, 0) is 19.1 Å². The molecule has 0 atom stereocenters. The molecule has 1 rings (SSSR count). The average molecular weight is 237 g/mol. The quantitative estimate of drug-likeness (QED) is 0.550. The molecule has 1 N–H and O–H groups in total. The molecule has 0 amide bonds. The number of ether oxygens (including phenoxy) is 2. The van der Waals surface area contributed by atoms with Crippen LogP contribution < -0.4 is 10.1 Å². The summed E-state index contributed by atoms with van der Waals surface area (Å²) in [6, 6.07) is 7.23. The molecule has 4 heteroatoms. The van der Waals surface area contributed by atoms with Crippen LogP contribution >= 0.6 is 0 Å². The smallest absolute Gasteiger partial charge is 0.176 e. The van der Waals surface area contributed by atoms with Crippen molar-refractivity contribution in [1.29, 1.82) is 0 Å². The van der Waals surface area contributed by atoms with E-state index in [4.69, 9.17) is 9.47 Å². The van der Waals surface area contributed by atoms with Crippen LogP contribution in [0.4, 0.5) is 0 Å². The van der Waals surface area contributed by atoms with Gasteiger partial charge in [0.15, 0.2) is 5.78 Å². The minimum atomic E-state index is 0.0580. The number of carbonyl (C=O) groups is 1. The van der Waals surface area contributed by atoms with Crippen molar-refractivity contribution in [1.82, 2.24) is 5.32 Å². The van der Waals surface area contributed by atoms with Crippen LogP contribution in [0.2, 0.25) is 0 Å². The molecule has 17 heavy (non-hydrogen) atoms. The summed E-state index contributed by atoms with van der Waals surface area (Å²) in [5.41, 5.74) is 0.667. The lowest BCUT2D eigenvalue weighted by atomic mass is 10.1. The number of ketones is 1. The van der Waals surface area contributed by atoms with E-state index in [2.05, 4.69) is 5.32 Å². The van der Waals surface area contributed by atoms with Crippen molar-refractivity contribution in [3.8, 4) is 5.75 Å². The first kappa shape index (κ1) is 13.7. The molecule has 0 unspecified atom stereocenters. The third-order valence-corrected chi connectivity index (χ3v) is 2.24. The Labute approximate surface area is 102 Å². The Bertz CT molecular complexity index is 352. The maximum atomic E-state index is 11.8. The second-order valence-electron chi connectivity index (χ2n) is 3.55. The molecule has 0 aliphatic carbocycles. The molecule has 0 fully saturated rings. The van der Waals surface area contributed by atoms with Crippen molar-refractivity contribution in [2.24, 2.45) is 0 Å². The molecule has 0 aliphatic heterocycles. The third kappa shape index (κ3) is 4.97. The summed E-state index contributed by atoms with van der Waals surface area (Å²) >= 11 is 0. The highest BCUT2D eigenvalue weighted by Gasteiger charge is 2.06. The Balaban J connectivity index is 2.47. The van der Waals surface area contributed by atoms with Crippen molar-refractivity contribution in [2.75, 3.05) is 33.4 Å². The molecule has 4 nitrogen and oxygen atoms in total. The van der Waals surface area contributed by atoms with Gasteiger partial charge in [-0.1, -0.05) is 12.1 Å². The number of hydrogen-bond donors (Lipinski definition) is 1. The SMILES string of the molecule is CCOc1cccc(C(=O)CNCCOC)c1. The lowest BCUT2D eigenvalue weighted by molar-refractivity contribution is 0.0987. The lowest BCUT2D eigenvalue weighted by Gasteiger charge is -2.06. The van der Waals surface area contributed by atoms with Crippen LogP contribution in [0.3, 0.4) is 0 Å². The van der Waals surface area contributed by atoms with Crippen molar-refractivity contribution >= 4 is 5.78 Å². The highest BCUT2D eigenvalue weighted by molar-refractivity contribution is 5.97. The number of carbonyl (C=O) groups excluding carboxylic acids is 1. The fourth-order valence-electron chi connectivity index (χ4n) is 1.40. The normalized spacial score (nSPS) is 10.2. The van der Waals surface area contributed by atoms with E-state index in [1.165, 1.54) is 0 Å². The molecular formula is C13H19NO3. The van der Waals surface area contributed by atoms with E-state index >= 15 is 0 Å². The largest absolute Gasteiger partial charge is 0.494 e. The first-order chi connectivity index (χ1) is 8.27. The van der Waals surface area contributed by atoms with Gasteiger partial charge in [0.1, 0.15) is 5.75 Å². The van der Waals surface area contributed by atoms with Crippen LogP contribution in [0.25, 0.3) is 0 Å². The van der Waals surface area contributed by atoms with E-state index in [1.807, 2.05) is 19.1 Å². The summed E-state index contributed by atoms with van der Waals surface area (Å²) in [6.07, 6.45) is 0. The fourth-order valence-corrected chi connectivity index (χ4v) is 1.40. The lowest BCUT2D eigenvalue weighted by Crippen LogP contribution is -2.26. The predicted octanol–water partition coefficient (Wildman–Crippen LogP) is 1.50. The van der Waals surface area contributed by atoms with Crippen LogP contribution in [-0.4, -0.2) is 39.2 Å². The topological polar surface area (TPSA) is 47.6 Å². The van der Waals surface area contributed by atoms with Gasteiger partial charge in [0, 0.05) is 19.2 Å². The molecular weight excluding hydrogens is 218 g/mol. The number of rotatable bonds is 8. The number of methoxy groups -OCH3 is 1. The summed E-state index contributed by atoms with van der Waals surface area (Å²) in [6.45, 7) is 4.11. The van der Waals surface area contributed by atoms with Crippen LogP contribution in [0, 0.1) is 0 Å². The molecule has 0 spiro atoms. The van der Waals surface area contributed by atoms with Gasteiger partial charge in [-0.15, -0.1) is 0 Å². The minimum absolute atomic E-state index is 0.0580. The molecule has 0 saturated heterocycles. The van der Waals surface area contributed by atoms with Gasteiger partial charge in [0.05, 0.1) is 19.8 Å². The highest BCUT2D eigenvalue weighted by atomic mass is 16.5. The van der Waals surface area contributed by atoms with Crippen molar-refractivity contribution in [3.63, 3.8) is 0 Å². The van der Waals surface area contributed by atoms with Crippen molar-refractivity contribution < 1.29 is 14.3 Å². The van der Waals surface area contributed by atoms with E-state index < -0.39 is 0 Å². The maximum Gasteiger partial charge on any atom is 0.176 e. The highest BCUT2D eigenvalue weighted by Crippen LogP contribution is 2.13. The minimum Gasteiger partial charge on any atom is -0.494 e. The third-order valence-electron chi connectivity index (χ3n) is 2.24. The molecule has 94 valence electrons. The summed E-state index contributed by atoms with van der Waals surface area (Å²) < 4.78 is 10.2. The maximum absolute atomic E-state index is 11.8. The molecule has 0 saturated carbocycles. The van der Waals surface area contributed by atoms with Crippen LogP contribution in [0.5, 0.6) is 5.75 Å². The Kier molecular flexibility index (Phi) is 6.29. The van der Waals surface area contributed by atoms with Gasteiger partial charge < -0.3 is 14.8 Å². The van der Waals surface area contributed by atoms with Crippen molar-refractivity contribution in [2.45, 2.75) is 6.92 Å². The Morgan fingerprint density at radius 2 is 2.24 bits per heavy atom. The van der Waals surface area contributed by atoms with Crippen LogP contribution in [0.15, 0.2) is 24.3 Å². The first-order valence-corrected chi connectivity index (χ1v) is 5.73. The number of benzene rings is 1. The van der Waals surface area contributed by atoms with Gasteiger partial charge in [0.25, 0.3) is 0 Å². The van der Waals surface area contributed by atoms with E-state index in [0.29, 0.717) is 31.9 Å². The number of hydrogen-bond acceptors (Lipinski definition) is 4. The standard InChI is InChI=1S/C13H19NO3/c1-3-17-12-6-4-5-11(9-12)13(15)10-14-7-8-16-2/h4-6,9,14H,3,7-8,10H2,1-2H3. The Morgan fingerprint density at radius 3 is 2.94 bits per heavy atom. The molecule has 0 radical (unpaired) electrons. The zero-order valence-electron chi connectivity index (χ0n) is 10.4. The predicted molar refractivity (Wildman–Crippen MR) is 66.7 cm³/mol. The molecule has 1 aromatic carbocycles. The fraction of sp³-hybridized carbons (Fsp3) is 0.462. The second kappa shape index (κ2) is 7.81. The number of Topliss-reactive ketones (excluding diaryl/α,β-unsaturated/α-hetero) is 1. The van der Waals surface area contributed by atoms with E-state index in [9.17, 15) is 4.79 Å². The summed E-state index contributed by atoms with van der Waals surface area (Å²) in [5, 5.41) is 3.02. The average Bonchev–Trinajstić information content (AvgIpc) is 2.35. The molecule has 0 heterocycles. The van der Waals surface area contributed by atoms with E-state index in [1.54, 1.807) is 19.2 Å². The van der Waals surface area contributed by atoms with E-state index in [-0.39, 0.29) is 5.78 Å². The van der Waals surface area contributed by atoms with Crippen molar-refractivity contribution in [3.05, 3.63) is 29.8 Å². The monoisotopic (exact) mass is 237 g/mol. The van der Waals surface area contributed by atoms with Crippen LogP contribution in [0.1, 0.15) is 17.3 Å². The van der Waals surface area contributed by atoms with Gasteiger partial charge in [-0.2, -0.15) is 0 Å². The number of nitrogens with one attached hydrogen (secondary N) is 1. The zero-order chi connectivity index (χ0) is 12.5. The molecule has 0 aromatic heterocycles. The Hall–Kier alpha value is -1.39. The van der Waals surface area contributed by atoms with Gasteiger partial charge in [0.2, 0.25) is 0 Å². The molecule has 0 bridgehead atoms. The summed E-state index contributed by atoms with van der Waals surface area (Å²) in [5.74, 6) is 0.790. The Morgan fingerprint density at radius 1 is 1.41 bits per heavy atom. The summed E-state index contributed by atoms with van der Waals surface area (Å²) in [4.78, 5) is 11.8. The summed E-state index contributed by atoms with van der Waals surface area (Å²) in [7, 11) is 1.63. The van der Waals surface area contributed by atoms with Gasteiger partial charge in [-0.3, -0.25) is 4.79 Å². The molecule has 0 aliphatic rings. The second-order valence-corrected chi connectivity index (χ2v) is 3.55. The van der Waals surface area contributed by atoms with Gasteiger partial charge in [-0.25, -0.2) is 0 Å². The van der Waals surface area contributed by atoms with E-state index in [0.717, 1.165) is 5.75 Å². The first-order valence-electron chi connectivity index (χ1n) is 5.73.